The van der Waals surface area contributed by atoms with Crippen molar-refractivity contribution in [1.29, 1.82) is 0 Å². The SMILES string of the molecule is CC1=NC2=NC(=O)N=C(C3C[C@@H](O)[C@@H](CO)O3)C2=C1. The van der Waals surface area contributed by atoms with Crippen LogP contribution < -0.4 is 0 Å². The van der Waals surface area contributed by atoms with Crippen molar-refractivity contribution in [2.24, 2.45) is 15.0 Å². The van der Waals surface area contributed by atoms with Gasteiger partial charge in [-0.2, -0.15) is 9.98 Å². The smallest absolute Gasteiger partial charge is 0.369 e. The summed E-state index contributed by atoms with van der Waals surface area (Å²) in [6.45, 7) is 1.53. The number of amides is 2. The zero-order valence-corrected chi connectivity index (χ0v) is 10.3. The Balaban J connectivity index is 1.90. The third-order valence-electron chi connectivity index (χ3n) is 3.28. The lowest BCUT2D eigenvalue weighted by atomic mass is 10.00. The van der Waals surface area contributed by atoms with Gasteiger partial charge in [0.15, 0.2) is 5.84 Å². The molecule has 1 saturated heterocycles. The average Bonchev–Trinajstić information content (AvgIpc) is 2.90. The second-order valence-corrected chi connectivity index (χ2v) is 4.68. The summed E-state index contributed by atoms with van der Waals surface area (Å²) in [7, 11) is 0. The van der Waals surface area contributed by atoms with Gasteiger partial charge in [-0.3, -0.25) is 0 Å². The van der Waals surface area contributed by atoms with E-state index >= 15 is 0 Å². The first-order valence-corrected chi connectivity index (χ1v) is 6.02. The molecule has 7 heteroatoms. The Morgan fingerprint density at radius 3 is 2.89 bits per heavy atom. The molecular weight excluding hydrogens is 250 g/mol. The van der Waals surface area contributed by atoms with E-state index in [0.29, 0.717) is 23.5 Å². The molecule has 19 heavy (non-hydrogen) atoms. The Bertz CT molecular complexity index is 561. The van der Waals surface area contributed by atoms with Crippen molar-refractivity contribution in [3.8, 4) is 0 Å². The second-order valence-electron chi connectivity index (χ2n) is 4.68. The van der Waals surface area contributed by atoms with Crippen molar-refractivity contribution in [3.63, 3.8) is 0 Å². The highest BCUT2D eigenvalue weighted by Gasteiger charge is 2.40. The Hall–Kier alpha value is -1.70. The molecular formula is C12H13N3O4. The number of carbonyl (C=O) groups is 1. The minimum absolute atomic E-state index is 0.269. The summed E-state index contributed by atoms with van der Waals surface area (Å²) in [6.07, 6.45) is 0.148. The monoisotopic (exact) mass is 263 g/mol. The predicted molar refractivity (Wildman–Crippen MR) is 67.8 cm³/mol. The number of rotatable bonds is 2. The van der Waals surface area contributed by atoms with Gasteiger partial charge in [0.25, 0.3) is 0 Å². The highest BCUT2D eigenvalue weighted by molar-refractivity contribution is 6.37. The third-order valence-corrected chi connectivity index (χ3v) is 3.28. The first-order valence-electron chi connectivity index (χ1n) is 6.02. The topological polar surface area (TPSA) is 104 Å². The van der Waals surface area contributed by atoms with Crippen molar-refractivity contribution in [2.45, 2.75) is 31.7 Å². The van der Waals surface area contributed by atoms with Gasteiger partial charge < -0.3 is 14.9 Å². The standard InChI is InChI=1S/C12H13N3O4/c1-5-2-6-10(14-12(18)15-11(6)13-5)8-3-7(17)9(4-16)19-8/h2,7-9,16-17H,3-4H2,1H3/t7-,8?,9-/m1/s1. The molecule has 0 spiro atoms. The van der Waals surface area contributed by atoms with E-state index < -0.39 is 24.3 Å². The summed E-state index contributed by atoms with van der Waals surface area (Å²) >= 11 is 0. The van der Waals surface area contributed by atoms with Gasteiger partial charge in [-0.05, 0) is 13.0 Å². The molecule has 1 fully saturated rings. The number of aliphatic hydroxyl groups excluding tert-OH is 2. The first-order chi connectivity index (χ1) is 9.08. The van der Waals surface area contributed by atoms with Crippen LogP contribution in [0.3, 0.4) is 0 Å². The van der Waals surface area contributed by atoms with Gasteiger partial charge in [0.05, 0.1) is 18.4 Å². The fraction of sp³-hybridized carbons (Fsp3) is 0.500. The van der Waals surface area contributed by atoms with Gasteiger partial charge in [0.2, 0.25) is 0 Å². The number of ether oxygens (including phenoxy) is 1. The van der Waals surface area contributed by atoms with Gasteiger partial charge >= 0.3 is 6.03 Å². The quantitative estimate of drug-likeness (QED) is 0.724. The Kier molecular flexibility index (Phi) is 2.89. The van der Waals surface area contributed by atoms with E-state index in [-0.39, 0.29) is 6.61 Å². The van der Waals surface area contributed by atoms with Crippen molar-refractivity contribution < 1.29 is 19.7 Å². The minimum atomic E-state index is -0.765. The molecule has 2 amide bonds. The Morgan fingerprint density at radius 2 is 2.21 bits per heavy atom. The van der Waals surface area contributed by atoms with Gasteiger partial charge in [-0.1, -0.05) is 0 Å². The molecule has 3 atom stereocenters. The number of nitrogens with zero attached hydrogens (tertiary/aromatic N) is 3. The Labute approximate surface area is 109 Å². The van der Waals surface area contributed by atoms with Crippen LogP contribution in [0.5, 0.6) is 0 Å². The average molecular weight is 263 g/mol. The summed E-state index contributed by atoms with van der Waals surface area (Å²) < 4.78 is 5.52. The van der Waals surface area contributed by atoms with E-state index in [1.807, 2.05) is 0 Å². The van der Waals surface area contributed by atoms with Crippen LogP contribution in [0.15, 0.2) is 26.6 Å². The molecule has 0 aliphatic carbocycles. The summed E-state index contributed by atoms with van der Waals surface area (Å²) in [5.74, 6) is 0.345. The molecule has 0 radical (unpaired) electrons. The largest absolute Gasteiger partial charge is 0.394 e. The fourth-order valence-electron chi connectivity index (χ4n) is 2.40. The summed E-state index contributed by atoms with van der Waals surface area (Å²) in [5.41, 5.74) is 1.84. The molecule has 3 rings (SSSR count). The van der Waals surface area contributed by atoms with E-state index in [4.69, 9.17) is 9.84 Å². The van der Waals surface area contributed by atoms with Crippen molar-refractivity contribution in [1.82, 2.24) is 0 Å². The third kappa shape index (κ3) is 2.05. The number of amidine groups is 1. The number of allylic oxidation sites excluding steroid dienone is 1. The maximum Gasteiger partial charge on any atom is 0.369 e. The molecule has 0 aromatic heterocycles. The predicted octanol–water partition coefficient (Wildman–Crippen LogP) is -0.129. The number of aliphatic imine (C=N–C) groups is 3. The molecule has 7 nitrogen and oxygen atoms in total. The molecule has 0 aromatic carbocycles. The maximum absolute atomic E-state index is 11.5. The van der Waals surface area contributed by atoms with Gasteiger partial charge in [0.1, 0.15) is 12.2 Å². The summed E-state index contributed by atoms with van der Waals surface area (Å²) in [4.78, 5) is 23.2. The van der Waals surface area contributed by atoms with Crippen LogP contribution in [0.2, 0.25) is 0 Å². The molecule has 0 aromatic rings. The van der Waals surface area contributed by atoms with Crippen LogP contribution in [0.25, 0.3) is 0 Å². The van der Waals surface area contributed by atoms with Crippen molar-refractivity contribution in [3.05, 3.63) is 11.6 Å². The number of urea groups is 1. The van der Waals surface area contributed by atoms with Gasteiger partial charge in [-0.15, -0.1) is 0 Å². The lowest BCUT2D eigenvalue weighted by Gasteiger charge is -2.17. The molecule has 3 aliphatic rings. The van der Waals surface area contributed by atoms with Crippen LogP contribution in [-0.4, -0.2) is 58.4 Å². The first kappa shape index (κ1) is 12.3. The zero-order chi connectivity index (χ0) is 13.6. The van der Waals surface area contributed by atoms with E-state index in [0.717, 1.165) is 5.71 Å². The van der Waals surface area contributed by atoms with Crippen LogP contribution in [0, 0.1) is 0 Å². The van der Waals surface area contributed by atoms with E-state index in [2.05, 4.69) is 15.0 Å². The normalized spacial score (nSPS) is 33.6. The number of hydrogen-bond donors (Lipinski definition) is 2. The summed E-state index contributed by atoms with van der Waals surface area (Å²) in [5, 5.41) is 18.8. The fourth-order valence-corrected chi connectivity index (χ4v) is 2.40. The molecule has 3 aliphatic heterocycles. The molecule has 0 bridgehead atoms. The second kappa shape index (κ2) is 4.44. The number of fused-ring (bicyclic) bond motifs is 1. The van der Waals surface area contributed by atoms with Crippen molar-refractivity contribution in [2.75, 3.05) is 6.61 Å². The number of aliphatic hydroxyl groups is 2. The van der Waals surface area contributed by atoms with E-state index in [1.165, 1.54) is 0 Å². The minimum Gasteiger partial charge on any atom is -0.394 e. The summed E-state index contributed by atoms with van der Waals surface area (Å²) in [6, 6.07) is -0.619. The van der Waals surface area contributed by atoms with Crippen LogP contribution in [0.4, 0.5) is 4.79 Å². The Morgan fingerprint density at radius 1 is 1.42 bits per heavy atom. The highest BCUT2D eigenvalue weighted by atomic mass is 16.5. The van der Waals surface area contributed by atoms with Gasteiger partial charge in [0, 0.05) is 17.7 Å². The zero-order valence-electron chi connectivity index (χ0n) is 10.3. The number of carbonyl (C=O) groups excluding carboxylic acids is 1. The number of hydrogen-bond acceptors (Lipinski definition) is 5. The molecule has 2 N–H and O–H groups in total. The van der Waals surface area contributed by atoms with E-state index in [9.17, 15) is 9.90 Å². The molecule has 0 saturated carbocycles. The van der Waals surface area contributed by atoms with Crippen LogP contribution >= 0.6 is 0 Å². The molecule has 3 heterocycles. The van der Waals surface area contributed by atoms with Crippen LogP contribution in [-0.2, 0) is 4.74 Å². The molecule has 1 unspecified atom stereocenters. The van der Waals surface area contributed by atoms with Crippen molar-refractivity contribution >= 4 is 23.3 Å². The molecule has 100 valence electrons. The van der Waals surface area contributed by atoms with Crippen LogP contribution in [0.1, 0.15) is 13.3 Å². The lowest BCUT2D eigenvalue weighted by molar-refractivity contribution is -0.00661. The lowest BCUT2D eigenvalue weighted by Crippen LogP contribution is -2.29. The van der Waals surface area contributed by atoms with E-state index in [1.54, 1.807) is 13.0 Å². The highest BCUT2D eigenvalue weighted by Crippen LogP contribution is 2.27. The van der Waals surface area contributed by atoms with Gasteiger partial charge in [-0.25, -0.2) is 9.79 Å². The maximum atomic E-state index is 11.5.